The number of carbonyl (C=O) groups is 1. The van der Waals surface area contributed by atoms with Crippen molar-refractivity contribution < 1.29 is 9.53 Å². The molecule has 0 saturated carbocycles. The smallest absolute Gasteiger partial charge is 0.223 e. The summed E-state index contributed by atoms with van der Waals surface area (Å²) in [6, 6.07) is 0. The number of nitrogens with two attached hydrogens (primary N) is 1. The number of nitrogens with zero attached hydrogens (tertiary/aromatic N) is 2. The van der Waals surface area contributed by atoms with Gasteiger partial charge in [0.15, 0.2) is 0 Å². The number of amides is 1. The number of hydrogen-bond donors (Lipinski definition) is 1. The number of hydrogen-bond acceptors (Lipinski definition) is 4. The van der Waals surface area contributed by atoms with Gasteiger partial charge in [0.25, 0.3) is 0 Å². The molecular weight excluding hydrogens is 242 g/mol. The fourth-order valence-electron chi connectivity index (χ4n) is 2.32. The summed E-state index contributed by atoms with van der Waals surface area (Å²) >= 11 is 0. The Balaban J connectivity index is 2.14. The first kappa shape index (κ1) is 16.4. The number of likely N-dealkylation sites (N-methyl/N-ethyl adjacent to an activating group) is 1. The van der Waals surface area contributed by atoms with Gasteiger partial charge in [-0.25, -0.2) is 0 Å². The standard InChI is InChI=1S/C14H29N3O2/c1-16(12-13-6-3-4-11-19-13)10-7-14(18)17(2)9-5-8-15/h13H,3-12,15H2,1-2H3. The number of carbonyl (C=O) groups excluding carboxylic acids is 1. The monoisotopic (exact) mass is 271 g/mol. The summed E-state index contributed by atoms with van der Waals surface area (Å²) in [5.41, 5.74) is 5.44. The van der Waals surface area contributed by atoms with Crippen LogP contribution in [0, 0.1) is 0 Å². The van der Waals surface area contributed by atoms with Gasteiger partial charge in [-0.3, -0.25) is 4.79 Å². The molecule has 1 atom stereocenters. The van der Waals surface area contributed by atoms with Crippen molar-refractivity contribution in [2.24, 2.45) is 5.73 Å². The van der Waals surface area contributed by atoms with Crippen LogP contribution in [-0.2, 0) is 9.53 Å². The van der Waals surface area contributed by atoms with Gasteiger partial charge in [0, 0.05) is 39.7 Å². The van der Waals surface area contributed by atoms with Crippen molar-refractivity contribution in [2.75, 3.05) is 46.9 Å². The predicted molar refractivity (Wildman–Crippen MR) is 77.0 cm³/mol. The molecule has 1 rings (SSSR count). The summed E-state index contributed by atoms with van der Waals surface area (Å²) in [5, 5.41) is 0. The van der Waals surface area contributed by atoms with E-state index in [4.69, 9.17) is 10.5 Å². The van der Waals surface area contributed by atoms with Crippen LogP contribution < -0.4 is 5.73 Å². The molecule has 112 valence electrons. The van der Waals surface area contributed by atoms with E-state index in [2.05, 4.69) is 11.9 Å². The maximum absolute atomic E-state index is 11.9. The van der Waals surface area contributed by atoms with Crippen molar-refractivity contribution >= 4 is 5.91 Å². The van der Waals surface area contributed by atoms with Crippen LogP contribution in [0.5, 0.6) is 0 Å². The molecule has 5 heteroatoms. The summed E-state index contributed by atoms with van der Waals surface area (Å²) in [6.45, 7) is 4.01. The molecule has 1 unspecified atom stereocenters. The molecular formula is C14H29N3O2. The van der Waals surface area contributed by atoms with E-state index in [1.165, 1.54) is 12.8 Å². The molecule has 19 heavy (non-hydrogen) atoms. The Labute approximate surface area is 117 Å². The van der Waals surface area contributed by atoms with E-state index in [1.807, 2.05) is 7.05 Å². The zero-order valence-electron chi connectivity index (χ0n) is 12.4. The van der Waals surface area contributed by atoms with E-state index in [-0.39, 0.29) is 5.91 Å². The van der Waals surface area contributed by atoms with Crippen LogP contribution in [0.3, 0.4) is 0 Å². The fourth-order valence-corrected chi connectivity index (χ4v) is 2.32. The number of ether oxygens (including phenoxy) is 1. The SMILES string of the molecule is CN(CCC(=O)N(C)CCCN)CC1CCCCO1. The third-order valence-electron chi connectivity index (χ3n) is 3.62. The minimum Gasteiger partial charge on any atom is -0.377 e. The quantitative estimate of drug-likeness (QED) is 0.705. The summed E-state index contributed by atoms with van der Waals surface area (Å²) in [5.74, 6) is 0.199. The molecule has 0 aliphatic carbocycles. The van der Waals surface area contributed by atoms with Gasteiger partial charge in [0.2, 0.25) is 5.91 Å². The maximum atomic E-state index is 11.9. The van der Waals surface area contributed by atoms with Gasteiger partial charge in [0.1, 0.15) is 0 Å². The molecule has 0 aromatic heterocycles. The predicted octanol–water partition coefficient (Wildman–Crippen LogP) is 0.685. The van der Waals surface area contributed by atoms with Crippen molar-refractivity contribution in [1.29, 1.82) is 0 Å². The second kappa shape index (κ2) is 9.28. The summed E-state index contributed by atoms with van der Waals surface area (Å²) in [4.78, 5) is 15.8. The molecule has 0 bridgehead atoms. The third-order valence-corrected chi connectivity index (χ3v) is 3.62. The normalized spacial score (nSPS) is 19.7. The Morgan fingerprint density at radius 1 is 1.32 bits per heavy atom. The Morgan fingerprint density at radius 2 is 2.11 bits per heavy atom. The minimum absolute atomic E-state index is 0.199. The van der Waals surface area contributed by atoms with E-state index in [0.717, 1.165) is 39.1 Å². The zero-order chi connectivity index (χ0) is 14.1. The second-order valence-corrected chi connectivity index (χ2v) is 5.46. The molecule has 0 aromatic rings. The van der Waals surface area contributed by atoms with Crippen molar-refractivity contribution in [2.45, 2.75) is 38.2 Å². The molecule has 2 N–H and O–H groups in total. The topological polar surface area (TPSA) is 58.8 Å². The van der Waals surface area contributed by atoms with E-state index in [1.54, 1.807) is 4.90 Å². The van der Waals surface area contributed by atoms with Crippen LogP contribution in [0.1, 0.15) is 32.1 Å². The van der Waals surface area contributed by atoms with Crippen LogP contribution >= 0.6 is 0 Å². The minimum atomic E-state index is 0.199. The van der Waals surface area contributed by atoms with Crippen molar-refractivity contribution in [3.63, 3.8) is 0 Å². The van der Waals surface area contributed by atoms with Crippen molar-refractivity contribution in [3.8, 4) is 0 Å². The Hall–Kier alpha value is -0.650. The summed E-state index contributed by atoms with van der Waals surface area (Å²) in [7, 11) is 3.91. The van der Waals surface area contributed by atoms with Crippen LogP contribution in [-0.4, -0.2) is 68.7 Å². The molecule has 1 saturated heterocycles. The average molecular weight is 271 g/mol. The molecule has 0 aromatic carbocycles. The van der Waals surface area contributed by atoms with Crippen molar-refractivity contribution in [3.05, 3.63) is 0 Å². The number of rotatable bonds is 8. The van der Waals surface area contributed by atoms with Crippen LogP contribution in [0.2, 0.25) is 0 Å². The van der Waals surface area contributed by atoms with E-state index in [0.29, 0.717) is 19.1 Å². The Kier molecular flexibility index (Phi) is 8.02. The van der Waals surface area contributed by atoms with Gasteiger partial charge in [0.05, 0.1) is 6.10 Å². The highest BCUT2D eigenvalue weighted by Crippen LogP contribution is 2.13. The van der Waals surface area contributed by atoms with Gasteiger partial charge in [-0.1, -0.05) is 0 Å². The highest BCUT2D eigenvalue weighted by molar-refractivity contribution is 5.76. The van der Waals surface area contributed by atoms with Crippen LogP contribution in [0.15, 0.2) is 0 Å². The lowest BCUT2D eigenvalue weighted by molar-refractivity contribution is -0.130. The lowest BCUT2D eigenvalue weighted by Gasteiger charge is -2.27. The maximum Gasteiger partial charge on any atom is 0.223 e. The Bertz CT molecular complexity index is 255. The fraction of sp³-hybridized carbons (Fsp3) is 0.929. The third kappa shape index (κ3) is 6.89. The van der Waals surface area contributed by atoms with Crippen LogP contribution in [0.4, 0.5) is 0 Å². The molecule has 1 heterocycles. The highest BCUT2D eigenvalue weighted by atomic mass is 16.5. The van der Waals surface area contributed by atoms with E-state index < -0.39 is 0 Å². The lowest BCUT2D eigenvalue weighted by Crippen LogP contribution is -2.36. The molecule has 1 aliphatic rings. The van der Waals surface area contributed by atoms with Gasteiger partial charge >= 0.3 is 0 Å². The summed E-state index contributed by atoms with van der Waals surface area (Å²) < 4.78 is 5.71. The van der Waals surface area contributed by atoms with Crippen molar-refractivity contribution in [1.82, 2.24) is 9.80 Å². The first-order valence-corrected chi connectivity index (χ1v) is 7.37. The second-order valence-electron chi connectivity index (χ2n) is 5.46. The highest BCUT2D eigenvalue weighted by Gasteiger charge is 2.16. The largest absolute Gasteiger partial charge is 0.377 e. The molecule has 1 fully saturated rings. The van der Waals surface area contributed by atoms with E-state index in [9.17, 15) is 4.79 Å². The molecule has 0 spiro atoms. The first-order chi connectivity index (χ1) is 9.13. The first-order valence-electron chi connectivity index (χ1n) is 7.37. The lowest BCUT2D eigenvalue weighted by atomic mass is 10.1. The molecule has 5 nitrogen and oxygen atoms in total. The zero-order valence-corrected chi connectivity index (χ0v) is 12.4. The average Bonchev–Trinajstić information content (AvgIpc) is 2.43. The summed E-state index contributed by atoms with van der Waals surface area (Å²) in [6.07, 6.45) is 5.39. The van der Waals surface area contributed by atoms with Gasteiger partial charge < -0.3 is 20.3 Å². The van der Waals surface area contributed by atoms with Gasteiger partial charge in [-0.2, -0.15) is 0 Å². The molecule has 0 radical (unpaired) electrons. The van der Waals surface area contributed by atoms with E-state index >= 15 is 0 Å². The Morgan fingerprint density at radius 3 is 2.74 bits per heavy atom. The van der Waals surface area contributed by atoms with Gasteiger partial charge in [-0.15, -0.1) is 0 Å². The van der Waals surface area contributed by atoms with Crippen LogP contribution in [0.25, 0.3) is 0 Å². The molecule has 1 amide bonds. The van der Waals surface area contributed by atoms with Gasteiger partial charge in [-0.05, 0) is 39.3 Å². The molecule has 1 aliphatic heterocycles.